The Hall–Kier alpha value is -2.88. The summed E-state index contributed by atoms with van der Waals surface area (Å²) in [6.45, 7) is 0.217. The van der Waals surface area contributed by atoms with Crippen molar-refractivity contribution in [3.63, 3.8) is 0 Å². The predicted molar refractivity (Wildman–Crippen MR) is 100 cm³/mol. The average Bonchev–Trinajstić information content (AvgIpc) is 2.67. The van der Waals surface area contributed by atoms with Gasteiger partial charge >= 0.3 is 0 Å². The fraction of sp³-hybridized carbons (Fsp3) is 0.150. The van der Waals surface area contributed by atoms with Crippen molar-refractivity contribution in [3.8, 4) is 11.8 Å². The summed E-state index contributed by atoms with van der Waals surface area (Å²) in [6, 6.07) is 19.5. The van der Waals surface area contributed by atoms with Crippen LogP contribution in [-0.4, -0.2) is 26.9 Å². The third kappa shape index (κ3) is 3.27. The smallest absolute Gasteiger partial charge is 0.243 e. The maximum Gasteiger partial charge on any atom is 0.243 e. The molecule has 0 heterocycles. The number of nitriles is 1. The molecule has 6 heteroatoms. The molecule has 0 aliphatic rings. The number of rotatable bonds is 5. The van der Waals surface area contributed by atoms with E-state index in [0.717, 1.165) is 10.9 Å². The highest BCUT2D eigenvalue weighted by Gasteiger charge is 2.24. The zero-order valence-corrected chi connectivity index (χ0v) is 15.3. The molecule has 0 bridgehead atoms. The summed E-state index contributed by atoms with van der Waals surface area (Å²) >= 11 is 0. The van der Waals surface area contributed by atoms with Crippen molar-refractivity contribution in [2.75, 3.05) is 14.2 Å². The lowest BCUT2D eigenvalue weighted by Gasteiger charge is -2.19. The molecule has 0 radical (unpaired) electrons. The van der Waals surface area contributed by atoms with Crippen molar-refractivity contribution in [2.45, 2.75) is 11.4 Å². The Morgan fingerprint density at radius 2 is 1.65 bits per heavy atom. The van der Waals surface area contributed by atoms with E-state index in [9.17, 15) is 8.42 Å². The summed E-state index contributed by atoms with van der Waals surface area (Å²) in [4.78, 5) is 0.241. The molecule has 3 rings (SSSR count). The van der Waals surface area contributed by atoms with Gasteiger partial charge in [0.25, 0.3) is 0 Å². The van der Waals surface area contributed by atoms with Gasteiger partial charge in [-0.05, 0) is 29.8 Å². The minimum atomic E-state index is -3.69. The van der Waals surface area contributed by atoms with E-state index in [0.29, 0.717) is 16.7 Å². The molecule has 3 aromatic carbocycles. The van der Waals surface area contributed by atoms with Gasteiger partial charge in [0.2, 0.25) is 10.0 Å². The maximum absolute atomic E-state index is 13.1. The van der Waals surface area contributed by atoms with Gasteiger partial charge in [-0.25, -0.2) is 8.42 Å². The molecule has 26 heavy (non-hydrogen) atoms. The number of benzene rings is 3. The molecule has 0 spiro atoms. The Balaban J connectivity index is 1.99. The molecule has 0 atom stereocenters. The van der Waals surface area contributed by atoms with Crippen LogP contribution in [-0.2, 0) is 16.6 Å². The minimum absolute atomic E-state index is 0.217. The SMILES string of the molecule is COc1ccc(S(=O)(=O)N(C)Cc2ccc(C#N)cc2)c2ccccc12. The zero-order chi connectivity index (χ0) is 18.7. The predicted octanol–water partition coefficient (Wildman–Crippen LogP) is 3.54. The second-order valence-electron chi connectivity index (χ2n) is 5.88. The highest BCUT2D eigenvalue weighted by molar-refractivity contribution is 7.89. The lowest BCUT2D eigenvalue weighted by Crippen LogP contribution is -2.26. The van der Waals surface area contributed by atoms with E-state index in [1.54, 1.807) is 62.7 Å². The molecule has 0 saturated carbocycles. The van der Waals surface area contributed by atoms with Gasteiger partial charge in [-0.2, -0.15) is 9.57 Å². The molecule has 0 aromatic heterocycles. The van der Waals surface area contributed by atoms with Crippen molar-refractivity contribution in [3.05, 3.63) is 71.8 Å². The van der Waals surface area contributed by atoms with Gasteiger partial charge in [0.05, 0.1) is 23.6 Å². The molecule has 0 amide bonds. The number of hydrogen-bond donors (Lipinski definition) is 0. The maximum atomic E-state index is 13.1. The van der Waals surface area contributed by atoms with Gasteiger partial charge in [-0.1, -0.05) is 36.4 Å². The van der Waals surface area contributed by atoms with Crippen LogP contribution in [0.25, 0.3) is 10.8 Å². The van der Waals surface area contributed by atoms with Crippen molar-refractivity contribution in [1.82, 2.24) is 4.31 Å². The van der Waals surface area contributed by atoms with Crippen molar-refractivity contribution < 1.29 is 13.2 Å². The van der Waals surface area contributed by atoms with Gasteiger partial charge in [0.15, 0.2) is 0 Å². The molecule has 5 nitrogen and oxygen atoms in total. The van der Waals surface area contributed by atoms with Crippen LogP contribution in [0.3, 0.4) is 0 Å². The molecule has 132 valence electrons. The fourth-order valence-corrected chi connectivity index (χ4v) is 4.19. The second kappa shape index (κ2) is 7.16. The van der Waals surface area contributed by atoms with Crippen molar-refractivity contribution in [1.29, 1.82) is 5.26 Å². The van der Waals surface area contributed by atoms with E-state index >= 15 is 0 Å². The van der Waals surface area contributed by atoms with Crippen LogP contribution in [0.4, 0.5) is 0 Å². The lowest BCUT2D eigenvalue weighted by molar-refractivity contribution is 0.419. The largest absolute Gasteiger partial charge is 0.496 e. The van der Waals surface area contributed by atoms with Crippen LogP contribution >= 0.6 is 0 Å². The third-order valence-electron chi connectivity index (χ3n) is 4.24. The monoisotopic (exact) mass is 366 g/mol. The highest BCUT2D eigenvalue weighted by Crippen LogP contribution is 2.32. The molecule has 0 unspecified atom stereocenters. The molecule has 0 saturated heterocycles. The molecule has 3 aromatic rings. The van der Waals surface area contributed by atoms with Crippen LogP contribution in [0.2, 0.25) is 0 Å². The lowest BCUT2D eigenvalue weighted by atomic mass is 10.1. The van der Waals surface area contributed by atoms with Gasteiger partial charge < -0.3 is 4.74 Å². The van der Waals surface area contributed by atoms with E-state index in [-0.39, 0.29) is 11.4 Å². The molecular weight excluding hydrogens is 348 g/mol. The Bertz CT molecular complexity index is 1080. The summed E-state index contributed by atoms with van der Waals surface area (Å²) in [5.74, 6) is 0.634. The zero-order valence-electron chi connectivity index (χ0n) is 14.5. The summed E-state index contributed by atoms with van der Waals surface area (Å²) in [5.41, 5.74) is 1.35. The quantitative estimate of drug-likeness (QED) is 0.692. The summed E-state index contributed by atoms with van der Waals surface area (Å²) in [7, 11) is -0.581. The van der Waals surface area contributed by atoms with E-state index in [2.05, 4.69) is 6.07 Å². The van der Waals surface area contributed by atoms with Gasteiger partial charge in [0, 0.05) is 24.4 Å². The first kappa shape index (κ1) is 17.9. The highest BCUT2D eigenvalue weighted by atomic mass is 32.2. The average molecular weight is 366 g/mol. The number of ether oxygens (including phenoxy) is 1. The van der Waals surface area contributed by atoms with Crippen LogP contribution in [0.5, 0.6) is 5.75 Å². The van der Waals surface area contributed by atoms with Crippen molar-refractivity contribution in [2.24, 2.45) is 0 Å². The van der Waals surface area contributed by atoms with Crippen LogP contribution in [0.1, 0.15) is 11.1 Å². The van der Waals surface area contributed by atoms with Gasteiger partial charge in [-0.15, -0.1) is 0 Å². The summed E-state index contributed by atoms with van der Waals surface area (Å²) < 4.78 is 32.9. The standard InChI is InChI=1S/C20H18N2O3S/c1-22(14-16-9-7-15(13-21)8-10-16)26(23,24)20-12-11-19(25-2)17-5-3-4-6-18(17)20/h3-12H,14H2,1-2H3. The first-order valence-corrected chi connectivity index (χ1v) is 9.42. The van der Waals surface area contributed by atoms with Gasteiger partial charge in [0.1, 0.15) is 5.75 Å². The van der Waals surface area contributed by atoms with Crippen LogP contribution < -0.4 is 4.74 Å². The summed E-state index contributed by atoms with van der Waals surface area (Å²) in [5, 5.41) is 10.2. The van der Waals surface area contributed by atoms with Gasteiger partial charge in [-0.3, -0.25) is 0 Å². The Labute approximate surface area is 153 Å². The molecule has 0 aliphatic heterocycles. The normalized spacial score (nSPS) is 11.5. The van der Waals surface area contributed by atoms with Crippen LogP contribution in [0.15, 0.2) is 65.6 Å². The number of sulfonamides is 1. The molecule has 0 fully saturated rings. The Morgan fingerprint density at radius 1 is 1.00 bits per heavy atom. The second-order valence-corrected chi connectivity index (χ2v) is 7.89. The van der Waals surface area contributed by atoms with E-state index < -0.39 is 10.0 Å². The molecular formula is C20H18N2O3S. The number of methoxy groups -OCH3 is 1. The first-order chi connectivity index (χ1) is 12.5. The van der Waals surface area contributed by atoms with E-state index in [1.165, 1.54) is 4.31 Å². The Kier molecular flexibility index (Phi) is 4.94. The summed E-state index contributed by atoms with van der Waals surface area (Å²) in [6.07, 6.45) is 0. The fourth-order valence-electron chi connectivity index (χ4n) is 2.84. The molecule has 0 aliphatic carbocycles. The first-order valence-electron chi connectivity index (χ1n) is 7.98. The number of fused-ring (bicyclic) bond motifs is 1. The number of hydrogen-bond acceptors (Lipinski definition) is 4. The minimum Gasteiger partial charge on any atom is -0.496 e. The van der Waals surface area contributed by atoms with Crippen molar-refractivity contribution >= 4 is 20.8 Å². The topological polar surface area (TPSA) is 70.4 Å². The Morgan fingerprint density at radius 3 is 2.27 bits per heavy atom. The van der Waals surface area contributed by atoms with Crippen LogP contribution in [0, 0.1) is 11.3 Å². The third-order valence-corrected chi connectivity index (χ3v) is 6.10. The van der Waals surface area contributed by atoms with E-state index in [1.807, 2.05) is 12.1 Å². The van der Waals surface area contributed by atoms with E-state index in [4.69, 9.17) is 10.00 Å². The number of nitrogens with zero attached hydrogens (tertiary/aromatic N) is 2. The molecule has 0 N–H and O–H groups in total.